The smallest absolute Gasteiger partial charge is 0.334 e. The molecule has 6 nitrogen and oxygen atoms in total. The Morgan fingerprint density at radius 1 is 1.35 bits per heavy atom. The quantitative estimate of drug-likeness (QED) is 0.511. The number of hydrogen-bond acceptors (Lipinski definition) is 4. The van der Waals surface area contributed by atoms with Crippen LogP contribution in [0.4, 0.5) is 0 Å². The van der Waals surface area contributed by atoms with Gasteiger partial charge in [0.05, 0.1) is 6.54 Å². The van der Waals surface area contributed by atoms with Crippen molar-refractivity contribution in [3.63, 3.8) is 0 Å². The number of aliphatic hydroxyl groups excluding tert-OH is 1. The lowest BCUT2D eigenvalue weighted by Gasteiger charge is -2.29. The molecular formula is C11H20N2O4. The summed E-state index contributed by atoms with van der Waals surface area (Å²) in [5.41, 5.74) is 5.61. The molecule has 0 aliphatic heterocycles. The maximum absolute atomic E-state index is 11.8. The van der Waals surface area contributed by atoms with Gasteiger partial charge in [0.25, 0.3) is 0 Å². The van der Waals surface area contributed by atoms with Crippen LogP contribution < -0.4 is 11.1 Å². The summed E-state index contributed by atoms with van der Waals surface area (Å²) in [5.74, 6) is -1.50. The number of rotatable bonds is 5. The minimum atomic E-state index is -1.54. The summed E-state index contributed by atoms with van der Waals surface area (Å²) in [6, 6.07) is 0. The number of carboxylic acids is 1. The molecule has 3 unspecified atom stereocenters. The molecule has 98 valence electrons. The van der Waals surface area contributed by atoms with E-state index in [4.69, 9.17) is 15.9 Å². The van der Waals surface area contributed by atoms with Crippen molar-refractivity contribution in [1.82, 2.24) is 5.32 Å². The number of nitrogens with one attached hydrogen (secondary N) is 1. The van der Waals surface area contributed by atoms with Crippen LogP contribution in [-0.4, -0.2) is 41.3 Å². The van der Waals surface area contributed by atoms with Gasteiger partial charge in [0.2, 0.25) is 5.91 Å². The normalized spacial score (nSPS) is 26.2. The van der Waals surface area contributed by atoms with Crippen LogP contribution in [0.25, 0.3) is 0 Å². The molecule has 1 fully saturated rings. The number of hydrogen-bond donors (Lipinski definition) is 4. The van der Waals surface area contributed by atoms with E-state index >= 15 is 0 Å². The second-order valence-electron chi connectivity index (χ2n) is 4.49. The van der Waals surface area contributed by atoms with Crippen LogP contribution >= 0.6 is 0 Å². The minimum absolute atomic E-state index is 0.144. The fraction of sp³-hybridized carbons (Fsp3) is 0.818. The number of amides is 1. The number of carbonyl (C=O) groups excluding carboxylic acids is 1. The van der Waals surface area contributed by atoms with Gasteiger partial charge in [0, 0.05) is 5.92 Å². The van der Waals surface area contributed by atoms with Gasteiger partial charge in [-0.1, -0.05) is 12.8 Å². The van der Waals surface area contributed by atoms with E-state index in [2.05, 4.69) is 5.32 Å². The molecule has 0 radical (unpaired) electrons. The molecule has 0 aromatic rings. The van der Waals surface area contributed by atoms with Gasteiger partial charge in [-0.25, -0.2) is 4.79 Å². The van der Waals surface area contributed by atoms with Gasteiger partial charge in [0.15, 0.2) is 6.10 Å². The first-order chi connectivity index (χ1) is 8.06. The first kappa shape index (κ1) is 13.9. The van der Waals surface area contributed by atoms with Crippen molar-refractivity contribution >= 4 is 11.9 Å². The largest absolute Gasteiger partial charge is 0.479 e. The molecule has 0 aromatic heterocycles. The minimum Gasteiger partial charge on any atom is -0.479 e. The maximum Gasteiger partial charge on any atom is 0.334 e. The molecule has 1 aliphatic carbocycles. The summed E-state index contributed by atoms with van der Waals surface area (Å²) in [6.07, 6.45) is 2.27. The predicted octanol–water partition coefficient (Wildman–Crippen LogP) is -0.687. The number of carbonyl (C=O) groups is 2. The molecule has 0 spiro atoms. The van der Waals surface area contributed by atoms with Crippen LogP contribution in [0, 0.1) is 11.8 Å². The molecule has 0 aromatic carbocycles. The first-order valence-electron chi connectivity index (χ1n) is 5.95. The van der Waals surface area contributed by atoms with Gasteiger partial charge >= 0.3 is 5.97 Å². The van der Waals surface area contributed by atoms with E-state index in [0.717, 1.165) is 25.7 Å². The Balaban J connectivity index is 2.42. The third kappa shape index (κ3) is 3.98. The molecule has 5 N–H and O–H groups in total. The zero-order valence-corrected chi connectivity index (χ0v) is 9.76. The lowest BCUT2D eigenvalue weighted by Crippen LogP contribution is -2.43. The average molecular weight is 244 g/mol. The maximum atomic E-state index is 11.8. The lowest BCUT2D eigenvalue weighted by atomic mass is 9.79. The summed E-state index contributed by atoms with van der Waals surface area (Å²) in [6.45, 7) is 0.224. The fourth-order valence-electron chi connectivity index (χ4n) is 2.25. The summed E-state index contributed by atoms with van der Waals surface area (Å²) in [7, 11) is 0. The Kier molecular flexibility index (Phi) is 5.37. The van der Waals surface area contributed by atoms with Gasteiger partial charge in [-0.2, -0.15) is 0 Å². The Hall–Kier alpha value is -1.14. The Morgan fingerprint density at radius 2 is 2.00 bits per heavy atom. The fourth-order valence-corrected chi connectivity index (χ4v) is 2.25. The number of carboxylic acid groups (broad SMARTS) is 1. The number of aliphatic carboxylic acids is 1. The summed E-state index contributed by atoms with van der Waals surface area (Å²) in [5, 5.41) is 20.0. The van der Waals surface area contributed by atoms with Crippen molar-refractivity contribution in [2.45, 2.75) is 31.8 Å². The summed E-state index contributed by atoms with van der Waals surface area (Å²) >= 11 is 0. The molecule has 3 atom stereocenters. The molecule has 1 amide bonds. The third-order valence-electron chi connectivity index (χ3n) is 3.30. The monoisotopic (exact) mass is 244 g/mol. The van der Waals surface area contributed by atoms with Crippen molar-refractivity contribution in [2.24, 2.45) is 17.6 Å². The molecule has 17 heavy (non-hydrogen) atoms. The number of nitrogens with two attached hydrogens (primary N) is 1. The van der Waals surface area contributed by atoms with Crippen molar-refractivity contribution in [3.8, 4) is 0 Å². The topological polar surface area (TPSA) is 113 Å². The van der Waals surface area contributed by atoms with Crippen LogP contribution in [0.2, 0.25) is 0 Å². The van der Waals surface area contributed by atoms with Crippen LogP contribution in [0.15, 0.2) is 0 Å². The highest BCUT2D eigenvalue weighted by Gasteiger charge is 2.30. The molecule has 0 heterocycles. The van der Waals surface area contributed by atoms with Crippen LogP contribution in [0.3, 0.4) is 0 Å². The second-order valence-corrected chi connectivity index (χ2v) is 4.49. The molecule has 0 bridgehead atoms. The SMILES string of the molecule is NCC1CCCCC1C(=O)NCC(O)C(=O)O. The van der Waals surface area contributed by atoms with Crippen molar-refractivity contribution < 1.29 is 19.8 Å². The Bertz CT molecular complexity index is 283. The summed E-state index contributed by atoms with van der Waals surface area (Å²) in [4.78, 5) is 22.2. The molecule has 0 saturated heterocycles. The van der Waals surface area contributed by atoms with Gasteiger partial charge in [-0.3, -0.25) is 4.79 Å². The van der Waals surface area contributed by atoms with Crippen LogP contribution in [-0.2, 0) is 9.59 Å². The molecule has 1 rings (SSSR count). The van der Waals surface area contributed by atoms with Gasteiger partial charge < -0.3 is 21.3 Å². The van der Waals surface area contributed by atoms with Crippen molar-refractivity contribution in [3.05, 3.63) is 0 Å². The van der Waals surface area contributed by atoms with E-state index in [1.165, 1.54) is 0 Å². The van der Waals surface area contributed by atoms with Gasteiger partial charge in [0.1, 0.15) is 0 Å². The van der Waals surface area contributed by atoms with E-state index < -0.39 is 12.1 Å². The molecule has 1 aliphatic rings. The zero-order chi connectivity index (χ0) is 12.8. The molecule has 6 heteroatoms. The second kappa shape index (κ2) is 6.56. The standard InChI is InChI=1S/C11H20N2O4/c12-5-7-3-1-2-4-8(7)10(15)13-6-9(14)11(16)17/h7-9,14H,1-6,12H2,(H,13,15)(H,16,17). The highest BCUT2D eigenvalue weighted by molar-refractivity contribution is 5.80. The van der Waals surface area contributed by atoms with Crippen molar-refractivity contribution in [1.29, 1.82) is 0 Å². The Labute approximate surface area is 100 Å². The van der Waals surface area contributed by atoms with E-state index in [1.54, 1.807) is 0 Å². The highest BCUT2D eigenvalue weighted by Crippen LogP contribution is 2.29. The highest BCUT2D eigenvalue weighted by atomic mass is 16.4. The van der Waals surface area contributed by atoms with Gasteiger partial charge in [-0.05, 0) is 25.3 Å². The molecule has 1 saturated carbocycles. The zero-order valence-electron chi connectivity index (χ0n) is 9.76. The van der Waals surface area contributed by atoms with E-state index in [0.29, 0.717) is 6.54 Å². The summed E-state index contributed by atoms with van der Waals surface area (Å²) < 4.78 is 0. The van der Waals surface area contributed by atoms with Crippen molar-refractivity contribution in [2.75, 3.05) is 13.1 Å². The average Bonchev–Trinajstić information content (AvgIpc) is 2.35. The first-order valence-corrected chi connectivity index (χ1v) is 5.95. The van der Waals surface area contributed by atoms with E-state index in [9.17, 15) is 9.59 Å². The van der Waals surface area contributed by atoms with E-state index in [1.807, 2.05) is 0 Å². The van der Waals surface area contributed by atoms with Crippen LogP contribution in [0.5, 0.6) is 0 Å². The molecular weight excluding hydrogens is 224 g/mol. The third-order valence-corrected chi connectivity index (χ3v) is 3.30. The Morgan fingerprint density at radius 3 is 2.59 bits per heavy atom. The predicted molar refractivity (Wildman–Crippen MR) is 61.2 cm³/mol. The van der Waals surface area contributed by atoms with Gasteiger partial charge in [-0.15, -0.1) is 0 Å². The number of aliphatic hydroxyl groups is 1. The van der Waals surface area contributed by atoms with Crippen LogP contribution in [0.1, 0.15) is 25.7 Å². The van der Waals surface area contributed by atoms with E-state index in [-0.39, 0.29) is 24.3 Å². The lowest BCUT2D eigenvalue weighted by molar-refractivity contribution is -0.146.